The van der Waals surface area contributed by atoms with Crippen molar-refractivity contribution in [3.8, 4) is 17.0 Å². The highest BCUT2D eigenvalue weighted by Crippen LogP contribution is 2.29. The molecule has 3 rings (SSSR count). The average molecular weight is 287 g/mol. The summed E-state index contributed by atoms with van der Waals surface area (Å²) in [5.41, 5.74) is 10.2. The minimum atomic E-state index is 0.473. The topological polar surface area (TPSA) is 52.5 Å². The van der Waals surface area contributed by atoms with Crippen molar-refractivity contribution in [3.05, 3.63) is 41.0 Å². The fourth-order valence-corrected chi connectivity index (χ4v) is 3.24. The number of aromatic nitrogens is 2. The van der Waals surface area contributed by atoms with Crippen molar-refractivity contribution >= 4 is 16.3 Å². The molecular weight excluding hydrogens is 270 g/mol. The molecule has 1 aromatic carbocycles. The van der Waals surface area contributed by atoms with E-state index in [1.165, 1.54) is 5.69 Å². The van der Waals surface area contributed by atoms with Crippen molar-refractivity contribution in [2.45, 2.75) is 20.4 Å². The van der Waals surface area contributed by atoms with Crippen LogP contribution in [0, 0.1) is 6.92 Å². The molecule has 0 aliphatic rings. The molecule has 2 heterocycles. The molecule has 2 aromatic heterocycles. The molecule has 0 amide bonds. The third-order valence-electron chi connectivity index (χ3n) is 3.26. The molecule has 20 heavy (non-hydrogen) atoms. The van der Waals surface area contributed by atoms with Crippen molar-refractivity contribution in [2.75, 3.05) is 6.61 Å². The van der Waals surface area contributed by atoms with Gasteiger partial charge in [0.25, 0.3) is 0 Å². The van der Waals surface area contributed by atoms with Crippen LogP contribution < -0.4 is 10.5 Å². The summed E-state index contributed by atoms with van der Waals surface area (Å²) >= 11 is 1.64. The van der Waals surface area contributed by atoms with E-state index in [1.807, 2.05) is 31.2 Å². The second kappa shape index (κ2) is 5.26. The monoisotopic (exact) mass is 287 g/mol. The van der Waals surface area contributed by atoms with E-state index in [1.54, 1.807) is 11.3 Å². The number of benzene rings is 1. The van der Waals surface area contributed by atoms with E-state index in [2.05, 4.69) is 16.7 Å². The van der Waals surface area contributed by atoms with Gasteiger partial charge in [0.1, 0.15) is 5.75 Å². The van der Waals surface area contributed by atoms with E-state index in [0.717, 1.165) is 27.7 Å². The van der Waals surface area contributed by atoms with Crippen LogP contribution in [0.2, 0.25) is 0 Å². The van der Waals surface area contributed by atoms with Gasteiger partial charge in [-0.3, -0.25) is 4.40 Å². The smallest absolute Gasteiger partial charge is 0.194 e. The van der Waals surface area contributed by atoms with Gasteiger partial charge in [0.2, 0.25) is 0 Å². The van der Waals surface area contributed by atoms with Gasteiger partial charge in [-0.05, 0) is 38.1 Å². The van der Waals surface area contributed by atoms with Crippen molar-refractivity contribution < 1.29 is 4.74 Å². The molecule has 0 saturated carbocycles. The number of ether oxygens (including phenoxy) is 1. The maximum absolute atomic E-state index is 5.92. The van der Waals surface area contributed by atoms with Crippen LogP contribution in [0.1, 0.15) is 18.3 Å². The molecule has 0 aliphatic heterocycles. The van der Waals surface area contributed by atoms with Crippen LogP contribution in [0.15, 0.2) is 29.6 Å². The Balaban J connectivity index is 2.09. The van der Waals surface area contributed by atoms with E-state index >= 15 is 0 Å². The molecule has 0 spiro atoms. The van der Waals surface area contributed by atoms with Crippen LogP contribution in [0.4, 0.5) is 0 Å². The van der Waals surface area contributed by atoms with Crippen LogP contribution in [-0.2, 0) is 6.54 Å². The molecule has 0 aliphatic carbocycles. The van der Waals surface area contributed by atoms with Crippen LogP contribution in [0.5, 0.6) is 5.75 Å². The zero-order chi connectivity index (χ0) is 14.1. The van der Waals surface area contributed by atoms with Crippen LogP contribution in [-0.4, -0.2) is 16.0 Å². The maximum Gasteiger partial charge on any atom is 0.194 e. The third kappa shape index (κ3) is 2.09. The predicted molar refractivity (Wildman–Crippen MR) is 82.3 cm³/mol. The minimum absolute atomic E-state index is 0.473. The Kier molecular flexibility index (Phi) is 3.46. The number of hydrogen-bond donors (Lipinski definition) is 1. The number of imidazole rings is 1. The number of thiazole rings is 1. The van der Waals surface area contributed by atoms with Gasteiger partial charge >= 0.3 is 0 Å². The summed E-state index contributed by atoms with van der Waals surface area (Å²) in [6.45, 7) is 5.20. The molecule has 0 bridgehead atoms. The normalized spacial score (nSPS) is 11.2. The van der Waals surface area contributed by atoms with Gasteiger partial charge in [0, 0.05) is 23.2 Å². The number of nitrogens with two attached hydrogens (primary N) is 1. The zero-order valence-corrected chi connectivity index (χ0v) is 12.4. The first kappa shape index (κ1) is 13.1. The first-order valence-corrected chi connectivity index (χ1v) is 7.51. The number of fused-ring (bicyclic) bond motifs is 1. The number of rotatable bonds is 4. The molecule has 0 saturated heterocycles. The molecule has 2 N–H and O–H groups in total. The Bertz CT molecular complexity index is 727. The summed E-state index contributed by atoms with van der Waals surface area (Å²) in [6, 6.07) is 8.01. The Morgan fingerprint density at radius 3 is 2.70 bits per heavy atom. The Hall–Kier alpha value is -1.85. The van der Waals surface area contributed by atoms with Crippen molar-refractivity contribution in [1.29, 1.82) is 0 Å². The van der Waals surface area contributed by atoms with E-state index in [-0.39, 0.29) is 0 Å². The lowest BCUT2D eigenvalue weighted by molar-refractivity contribution is 0.340. The lowest BCUT2D eigenvalue weighted by Gasteiger charge is -2.05. The molecule has 4 nitrogen and oxygen atoms in total. The van der Waals surface area contributed by atoms with Gasteiger partial charge in [0.15, 0.2) is 4.96 Å². The summed E-state index contributed by atoms with van der Waals surface area (Å²) in [5, 5.41) is 2.10. The second-order valence-electron chi connectivity index (χ2n) is 4.56. The van der Waals surface area contributed by atoms with E-state index in [0.29, 0.717) is 13.2 Å². The number of nitrogens with zero attached hydrogens (tertiary/aromatic N) is 2. The SMILES string of the molecule is CCOc1ccc(-c2nc3scc(C)n3c2CN)cc1. The van der Waals surface area contributed by atoms with Gasteiger partial charge < -0.3 is 10.5 Å². The van der Waals surface area contributed by atoms with Crippen LogP contribution >= 0.6 is 11.3 Å². The lowest BCUT2D eigenvalue weighted by Crippen LogP contribution is -2.03. The van der Waals surface area contributed by atoms with Gasteiger partial charge in [0.05, 0.1) is 18.0 Å². The third-order valence-corrected chi connectivity index (χ3v) is 4.21. The maximum atomic E-state index is 5.92. The van der Waals surface area contributed by atoms with Crippen molar-refractivity contribution in [3.63, 3.8) is 0 Å². The summed E-state index contributed by atoms with van der Waals surface area (Å²) in [5.74, 6) is 0.878. The molecular formula is C15H17N3OS. The lowest BCUT2D eigenvalue weighted by atomic mass is 10.1. The molecule has 0 fully saturated rings. The Labute approximate surface area is 121 Å². The highest BCUT2D eigenvalue weighted by molar-refractivity contribution is 7.15. The van der Waals surface area contributed by atoms with E-state index in [4.69, 9.17) is 15.5 Å². The molecule has 0 unspecified atom stereocenters. The summed E-state index contributed by atoms with van der Waals surface area (Å²) in [7, 11) is 0. The van der Waals surface area contributed by atoms with Crippen LogP contribution in [0.25, 0.3) is 16.2 Å². The zero-order valence-electron chi connectivity index (χ0n) is 11.6. The quantitative estimate of drug-likeness (QED) is 0.801. The Morgan fingerprint density at radius 1 is 1.30 bits per heavy atom. The molecule has 104 valence electrons. The number of aryl methyl sites for hydroxylation is 1. The predicted octanol–water partition coefficient (Wildman–Crippen LogP) is 3.23. The van der Waals surface area contributed by atoms with Gasteiger partial charge in [-0.1, -0.05) is 0 Å². The summed E-state index contributed by atoms with van der Waals surface area (Å²) < 4.78 is 7.60. The molecule has 0 radical (unpaired) electrons. The molecule has 3 aromatic rings. The number of hydrogen-bond acceptors (Lipinski definition) is 4. The second-order valence-corrected chi connectivity index (χ2v) is 5.40. The van der Waals surface area contributed by atoms with Gasteiger partial charge in [-0.25, -0.2) is 4.98 Å². The van der Waals surface area contributed by atoms with Gasteiger partial charge in [-0.2, -0.15) is 0 Å². The minimum Gasteiger partial charge on any atom is -0.494 e. The van der Waals surface area contributed by atoms with E-state index in [9.17, 15) is 0 Å². The highest BCUT2D eigenvalue weighted by Gasteiger charge is 2.15. The standard InChI is InChI=1S/C15H17N3OS/c1-3-19-12-6-4-11(5-7-12)14-13(8-16)18-10(2)9-20-15(18)17-14/h4-7,9H,3,8,16H2,1-2H3. The largest absolute Gasteiger partial charge is 0.494 e. The summed E-state index contributed by atoms with van der Waals surface area (Å²) in [4.78, 5) is 5.70. The van der Waals surface area contributed by atoms with Crippen LogP contribution in [0.3, 0.4) is 0 Å². The van der Waals surface area contributed by atoms with Crippen molar-refractivity contribution in [2.24, 2.45) is 5.73 Å². The highest BCUT2D eigenvalue weighted by atomic mass is 32.1. The summed E-state index contributed by atoms with van der Waals surface area (Å²) in [6.07, 6.45) is 0. The average Bonchev–Trinajstić information content (AvgIpc) is 3.00. The Morgan fingerprint density at radius 2 is 2.05 bits per heavy atom. The van der Waals surface area contributed by atoms with Crippen molar-refractivity contribution in [1.82, 2.24) is 9.38 Å². The molecule has 0 atom stereocenters. The fourth-order valence-electron chi connectivity index (χ4n) is 2.36. The molecule has 5 heteroatoms. The van der Waals surface area contributed by atoms with Gasteiger partial charge in [-0.15, -0.1) is 11.3 Å². The first-order chi connectivity index (χ1) is 9.74. The van der Waals surface area contributed by atoms with E-state index < -0.39 is 0 Å². The fraction of sp³-hybridized carbons (Fsp3) is 0.267. The first-order valence-electron chi connectivity index (χ1n) is 6.63.